The van der Waals surface area contributed by atoms with Crippen LogP contribution in [-0.4, -0.2) is 66.4 Å². The maximum Gasteiger partial charge on any atom is 0.427 e. The Balaban J connectivity index is 2.07. The van der Waals surface area contributed by atoms with Crippen LogP contribution in [0.4, 0.5) is 33.7 Å². The molecule has 0 spiro atoms. The molecule has 222 valence electrons. The minimum atomic E-state index is -4.91. The van der Waals surface area contributed by atoms with Gasteiger partial charge in [0.15, 0.2) is 16.5 Å². The van der Waals surface area contributed by atoms with Crippen molar-refractivity contribution in [3.8, 4) is 11.6 Å². The number of carbonyl (C=O) groups excluding carboxylic acids is 1. The number of halogens is 4. The lowest BCUT2D eigenvalue weighted by molar-refractivity contribution is -0.242. The molecule has 1 aromatic carbocycles. The smallest absolute Gasteiger partial charge is 0.427 e. The predicted molar refractivity (Wildman–Crippen MR) is 132 cm³/mol. The highest BCUT2D eigenvalue weighted by Crippen LogP contribution is 2.43. The number of aliphatic carboxylic acids is 1. The van der Waals surface area contributed by atoms with Crippen LogP contribution in [0.3, 0.4) is 0 Å². The van der Waals surface area contributed by atoms with Gasteiger partial charge in [0.05, 0.1) is 18.8 Å². The number of amides is 1. The molecule has 1 aliphatic rings. The third-order valence-electron chi connectivity index (χ3n) is 5.77. The SMILES string of the molecule is CCOc1nn(CC)cc1S(=O)(=O)N1C[C@H](CCC(=O)O)Oc2c(F)cc(NC(=O)OC(C)(C)C(F)(F)F)cc21. The van der Waals surface area contributed by atoms with E-state index in [4.69, 9.17) is 14.6 Å². The van der Waals surface area contributed by atoms with Gasteiger partial charge in [-0.15, -0.1) is 5.10 Å². The van der Waals surface area contributed by atoms with Gasteiger partial charge in [-0.3, -0.25) is 19.1 Å². The molecular weight excluding hydrogens is 568 g/mol. The van der Waals surface area contributed by atoms with E-state index in [1.807, 2.05) is 5.32 Å². The first-order chi connectivity index (χ1) is 18.5. The highest BCUT2D eigenvalue weighted by atomic mass is 32.2. The number of sulfonamides is 1. The van der Waals surface area contributed by atoms with Crippen molar-refractivity contribution in [2.75, 3.05) is 22.8 Å². The number of nitrogens with zero attached hydrogens (tertiary/aromatic N) is 3. The summed E-state index contributed by atoms with van der Waals surface area (Å²) in [5, 5.41) is 15.1. The quantitative estimate of drug-likeness (QED) is 0.386. The molecule has 3 rings (SSSR count). The molecule has 0 radical (unpaired) electrons. The van der Waals surface area contributed by atoms with E-state index >= 15 is 4.39 Å². The van der Waals surface area contributed by atoms with Crippen LogP contribution in [0, 0.1) is 5.82 Å². The monoisotopic (exact) mass is 596 g/mol. The first-order valence-electron chi connectivity index (χ1n) is 12.0. The number of carboxylic acids is 1. The summed E-state index contributed by atoms with van der Waals surface area (Å²) in [6.07, 6.45) is -6.94. The minimum Gasteiger partial charge on any atom is -0.483 e. The van der Waals surface area contributed by atoms with Crippen molar-refractivity contribution >= 4 is 33.5 Å². The van der Waals surface area contributed by atoms with Gasteiger partial charge in [0.1, 0.15) is 6.10 Å². The number of carboxylic acid groups (broad SMARTS) is 1. The van der Waals surface area contributed by atoms with E-state index in [2.05, 4.69) is 9.84 Å². The third kappa shape index (κ3) is 6.51. The van der Waals surface area contributed by atoms with Gasteiger partial charge in [0, 0.05) is 30.9 Å². The number of rotatable bonds is 10. The molecule has 0 fully saturated rings. The van der Waals surface area contributed by atoms with Crippen LogP contribution in [0.15, 0.2) is 23.2 Å². The van der Waals surface area contributed by atoms with E-state index in [1.54, 1.807) is 13.8 Å². The molecule has 0 bridgehead atoms. The zero-order valence-electron chi connectivity index (χ0n) is 21.9. The Bertz CT molecular complexity index is 1380. The van der Waals surface area contributed by atoms with Crippen molar-refractivity contribution < 1.29 is 54.9 Å². The van der Waals surface area contributed by atoms with E-state index in [9.17, 15) is 31.2 Å². The lowest BCUT2D eigenvalue weighted by Gasteiger charge is -2.35. The number of aryl methyl sites for hydroxylation is 1. The lowest BCUT2D eigenvalue weighted by atomic mass is 10.1. The van der Waals surface area contributed by atoms with Crippen LogP contribution in [0.25, 0.3) is 0 Å². The van der Waals surface area contributed by atoms with Gasteiger partial charge in [-0.2, -0.15) is 13.2 Å². The van der Waals surface area contributed by atoms with Crippen LogP contribution in [0.5, 0.6) is 11.6 Å². The van der Waals surface area contributed by atoms with E-state index in [0.717, 1.165) is 10.4 Å². The second-order valence-corrected chi connectivity index (χ2v) is 11.0. The first kappa shape index (κ1) is 30.8. The van der Waals surface area contributed by atoms with Crippen LogP contribution < -0.4 is 19.1 Å². The number of aromatic nitrogens is 2. The van der Waals surface area contributed by atoms with Gasteiger partial charge in [-0.25, -0.2) is 17.6 Å². The average Bonchev–Trinajstić information content (AvgIpc) is 3.25. The number of nitrogens with one attached hydrogen (secondary N) is 1. The molecule has 0 aliphatic carbocycles. The molecule has 40 heavy (non-hydrogen) atoms. The van der Waals surface area contributed by atoms with Gasteiger partial charge in [-0.05, 0) is 40.2 Å². The van der Waals surface area contributed by atoms with Crippen molar-refractivity contribution in [3.63, 3.8) is 0 Å². The Morgan fingerprint density at radius 1 is 1.25 bits per heavy atom. The van der Waals surface area contributed by atoms with Gasteiger partial charge < -0.3 is 19.3 Å². The van der Waals surface area contributed by atoms with Gasteiger partial charge >= 0.3 is 18.2 Å². The van der Waals surface area contributed by atoms with Crippen molar-refractivity contribution in [1.29, 1.82) is 0 Å². The number of fused-ring (bicyclic) bond motifs is 1. The summed E-state index contributed by atoms with van der Waals surface area (Å²) in [6.45, 7) is 4.45. The number of ether oxygens (including phenoxy) is 3. The molecule has 1 aromatic heterocycles. The molecule has 1 aliphatic heterocycles. The number of hydrogen-bond acceptors (Lipinski definition) is 8. The number of hydrogen-bond donors (Lipinski definition) is 2. The van der Waals surface area contributed by atoms with Gasteiger partial charge in [-0.1, -0.05) is 0 Å². The molecule has 0 saturated carbocycles. The van der Waals surface area contributed by atoms with E-state index in [0.29, 0.717) is 19.9 Å². The second-order valence-electron chi connectivity index (χ2n) is 9.12. The Hall–Kier alpha value is -3.76. The lowest BCUT2D eigenvalue weighted by Crippen LogP contribution is -2.44. The van der Waals surface area contributed by atoms with E-state index < -0.39 is 75.9 Å². The van der Waals surface area contributed by atoms with Crippen molar-refractivity contribution in [2.45, 2.75) is 69.9 Å². The molecule has 2 N–H and O–H groups in total. The fourth-order valence-electron chi connectivity index (χ4n) is 3.62. The molecule has 1 atom stereocenters. The number of alkyl halides is 3. The summed E-state index contributed by atoms with van der Waals surface area (Å²) in [4.78, 5) is 22.9. The summed E-state index contributed by atoms with van der Waals surface area (Å²) in [5.41, 5.74) is -3.71. The summed E-state index contributed by atoms with van der Waals surface area (Å²) in [6, 6.07) is 1.68. The molecule has 0 unspecified atom stereocenters. The molecule has 17 heteroatoms. The maximum atomic E-state index is 15.2. The number of carbonyl (C=O) groups is 2. The van der Waals surface area contributed by atoms with Crippen LogP contribution in [0.1, 0.15) is 40.5 Å². The molecule has 2 aromatic rings. The molecular formula is C23H28F4N4O8S. The van der Waals surface area contributed by atoms with Crippen molar-refractivity contribution in [3.05, 3.63) is 24.1 Å². The zero-order valence-corrected chi connectivity index (χ0v) is 22.7. The predicted octanol–water partition coefficient (Wildman–Crippen LogP) is 4.15. The largest absolute Gasteiger partial charge is 0.483 e. The highest BCUT2D eigenvalue weighted by Gasteiger charge is 2.51. The van der Waals surface area contributed by atoms with E-state index in [1.165, 1.54) is 10.9 Å². The standard InChI is InChI=1S/C23H28F4N4O8S/c1-5-30-12-17(20(29-30)37-6-2)40(35,36)31-11-14(7-8-18(32)33)38-19-15(24)9-13(10-16(19)31)28-21(34)39-22(3,4)23(25,26)27/h9-10,12,14H,5-8,11H2,1-4H3,(H,28,34)(H,32,33)/t14-/m0/s1. The van der Waals surface area contributed by atoms with Crippen LogP contribution in [-0.2, 0) is 26.1 Å². The van der Waals surface area contributed by atoms with Crippen molar-refractivity contribution in [2.24, 2.45) is 0 Å². The minimum absolute atomic E-state index is 0.0727. The Kier molecular flexibility index (Phi) is 8.76. The summed E-state index contributed by atoms with van der Waals surface area (Å²) < 4.78 is 99.8. The molecule has 2 heterocycles. The van der Waals surface area contributed by atoms with Gasteiger partial charge in [0.2, 0.25) is 5.60 Å². The topological polar surface area (TPSA) is 149 Å². The number of anilines is 2. The second kappa shape index (κ2) is 11.4. The normalized spacial score (nSPS) is 15.7. The van der Waals surface area contributed by atoms with Crippen molar-refractivity contribution in [1.82, 2.24) is 9.78 Å². The zero-order chi connectivity index (χ0) is 30.0. The fourth-order valence-corrected chi connectivity index (χ4v) is 5.19. The average molecular weight is 597 g/mol. The molecule has 12 nitrogen and oxygen atoms in total. The summed E-state index contributed by atoms with van der Waals surface area (Å²) in [5.74, 6) is -3.16. The Morgan fingerprint density at radius 3 is 2.50 bits per heavy atom. The summed E-state index contributed by atoms with van der Waals surface area (Å²) >= 11 is 0. The highest BCUT2D eigenvalue weighted by molar-refractivity contribution is 7.93. The molecule has 1 amide bonds. The number of benzene rings is 1. The van der Waals surface area contributed by atoms with Gasteiger partial charge in [0.25, 0.3) is 15.9 Å². The Labute approximate surface area is 226 Å². The first-order valence-corrected chi connectivity index (χ1v) is 13.5. The fraction of sp³-hybridized carbons (Fsp3) is 0.522. The maximum absolute atomic E-state index is 15.2. The molecule has 0 saturated heterocycles. The third-order valence-corrected chi connectivity index (χ3v) is 7.54. The van der Waals surface area contributed by atoms with E-state index in [-0.39, 0.29) is 30.3 Å². The van der Waals surface area contributed by atoms with Crippen LogP contribution in [0.2, 0.25) is 0 Å². The Morgan fingerprint density at radius 2 is 1.93 bits per heavy atom. The van der Waals surface area contributed by atoms with Crippen LogP contribution >= 0.6 is 0 Å². The summed E-state index contributed by atoms with van der Waals surface area (Å²) in [7, 11) is -4.56.